The number of ether oxygens (including phenoxy) is 1. The largest absolute Gasteiger partial charge is 0.431 e. The lowest BCUT2D eigenvalue weighted by atomic mass is 9.99. The summed E-state index contributed by atoms with van der Waals surface area (Å²) >= 11 is 6.48. The smallest absolute Gasteiger partial charge is 0.340 e. The van der Waals surface area contributed by atoms with Crippen LogP contribution in [0.1, 0.15) is 21.5 Å². The van der Waals surface area contributed by atoms with Crippen LogP contribution in [0.4, 0.5) is 0 Å². The molecule has 0 saturated carbocycles. The van der Waals surface area contributed by atoms with E-state index in [2.05, 4.69) is 0 Å². The third kappa shape index (κ3) is 1.45. The molecule has 1 aliphatic heterocycles. The first-order chi connectivity index (χ1) is 8.22. The lowest BCUT2D eigenvalue weighted by Crippen LogP contribution is -2.19. The minimum atomic E-state index is -1.19. The number of carbonyl (C=O) groups excluding carboxylic acids is 1. The summed E-state index contributed by atoms with van der Waals surface area (Å²) in [5.74, 6) is -0.376. The number of halogens is 1. The average molecular weight is 245 g/mol. The second-order valence-corrected chi connectivity index (χ2v) is 4.43. The van der Waals surface area contributed by atoms with Crippen molar-refractivity contribution in [3.05, 3.63) is 71.3 Å². The molecule has 0 fully saturated rings. The predicted molar refractivity (Wildman–Crippen MR) is 64.9 cm³/mol. The van der Waals surface area contributed by atoms with Gasteiger partial charge in [0.1, 0.15) is 0 Å². The Labute approximate surface area is 104 Å². The Kier molecular flexibility index (Phi) is 2.20. The molecule has 0 saturated heterocycles. The van der Waals surface area contributed by atoms with E-state index in [-0.39, 0.29) is 5.97 Å². The Balaban J connectivity index is 2.21. The zero-order valence-electron chi connectivity index (χ0n) is 8.89. The molecule has 0 amide bonds. The van der Waals surface area contributed by atoms with Gasteiger partial charge < -0.3 is 4.74 Å². The number of hydrogen-bond acceptors (Lipinski definition) is 2. The second kappa shape index (κ2) is 3.60. The van der Waals surface area contributed by atoms with Gasteiger partial charge in [0.05, 0.1) is 5.56 Å². The van der Waals surface area contributed by atoms with Crippen molar-refractivity contribution < 1.29 is 9.53 Å². The van der Waals surface area contributed by atoms with Crippen molar-refractivity contribution in [3.8, 4) is 0 Å². The van der Waals surface area contributed by atoms with Gasteiger partial charge in [0.2, 0.25) is 5.06 Å². The number of rotatable bonds is 1. The summed E-state index contributed by atoms with van der Waals surface area (Å²) in [7, 11) is 0. The van der Waals surface area contributed by atoms with Crippen molar-refractivity contribution >= 4 is 17.6 Å². The van der Waals surface area contributed by atoms with E-state index < -0.39 is 5.06 Å². The summed E-state index contributed by atoms with van der Waals surface area (Å²) in [6.07, 6.45) is 0. The van der Waals surface area contributed by atoms with Gasteiger partial charge in [0, 0.05) is 11.1 Å². The van der Waals surface area contributed by atoms with Crippen molar-refractivity contribution in [2.24, 2.45) is 0 Å². The number of fused-ring (bicyclic) bond motifs is 1. The molecule has 0 bridgehead atoms. The van der Waals surface area contributed by atoms with Crippen molar-refractivity contribution in [2.75, 3.05) is 0 Å². The van der Waals surface area contributed by atoms with Crippen LogP contribution in [0.2, 0.25) is 0 Å². The second-order valence-electron chi connectivity index (χ2n) is 3.90. The normalized spacial score (nSPS) is 22.1. The quantitative estimate of drug-likeness (QED) is 0.568. The van der Waals surface area contributed by atoms with E-state index in [0.29, 0.717) is 11.1 Å². The van der Waals surface area contributed by atoms with Crippen LogP contribution in [0.3, 0.4) is 0 Å². The molecule has 1 aliphatic rings. The number of alkyl halides is 1. The Morgan fingerprint density at radius 3 is 2.35 bits per heavy atom. The molecule has 3 rings (SSSR count). The van der Waals surface area contributed by atoms with E-state index in [9.17, 15) is 4.79 Å². The van der Waals surface area contributed by atoms with E-state index >= 15 is 0 Å². The fourth-order valence-corrected chi connectivity index (χ4v) is 2.41. The zero-order chi connectivity index (χ0) is 11.9. The van der Waals surface area contributed by atoms with Crippen LogP contribution in [0.15, 0.2) is 54.6 Å². The maximum absolute atomic E-state index is 11.7. The SMILES string of the molecule is O=C1OC(Cl)(c2ccccc2)c2ccccc21. The molecular formula is C14H9ClO2. The number of esters is 1. The van der Waals surface area contributed by atoms with Crippen LogP contribution < -0.4 is 0 Å². The fraction of sp³-hybridized carbons (Fsp3) is 0.0714. The lowest BCUT2D eigenvalue weighted by molar-refractivity contribution is 0.0366. The van der Waals surface area contributed by atoms with Crippen molar-refractivity contribution in [3.63, 3.8) is 0 Å². The summed E-state index contributed by atoms with van der Waals surface area (Å²) in [6, 6.07) is 16.5. The van der Waals surface area contributed by atoms with Crippen LogP contribution in [-0.4, -0.2) is 5.97 Å². The third-order valence-corrected chi connectivity index (χ3v) is 3.37. The van der Waals surface area contributed by atoms with Crippen LogP contribution in [0.25, 0.3) is 0 Å². The first-order valence-electron chi connectivity index (χ1n) is 5.29. The highest BCUT2D eigenvalue weighted by atomic mass is 35.5. The van der Waals surface area contributed by atoms with Gasteiger partial charge in [-0.05, 0) is 6.07 Å². The molecule has 1 unspecified atom stereocenters. The molecule has 1 heterocycles. The Hall–Kier alpha value is -1.80. The Morgan fingerprint density at radius 2 is 1.59 bits per heavy atom. The first kappa shape index (κ1) is 10.4. The van der Waals surface area contributed by atoms with Gasteiger partial charge in [-0.15, -0.1) is 0 Å². The van der Waals surface area contributed by atoms with E-state index in [4.69, 9.17) is 16.3 Å². The Bertz CT molecular complexity index is 580. The lowest BCUT2D eigenvalue weighted by Gasteiger charge is -2.21. The number of carbonyl (C=O) groups is 1. The summed E-state index contributed by atoms with van der Waals surface area (Å²) in [5, 5.41) is -1.19. The maximum atomic E-state index is 11.7. The summed E-state index contributed by atoms with van der Waals surface area (Å²) in [5.41, 5.74) is 2.00. The third-order valence-electron chi connectivity index (χ3n) is 2.87. The van der Waals surface area contributed by atoms with Crippen molar-refractivity contribution in [1.29, 1.82) is 0 Å². The maximum Gasteiger partial charge on any atom is 0.340 e. The summed E-state index contributed by atoms with van der Waals surface area (Å²) in [4.78, 5) is 11.7. The van der Waals surface area contributed by atoms with E-state index in [1.165, 1.54) is 0 Å². The Morgan fingerprint density at radius 1 is 0.941 bits per heavy atom. The van der Waals surface area contributed by atoms with Gasteiger partial charge in [0.25, 0.3) is 0 Å². The van der Waals surface area contributed by atoms with Gasteiger partial charge in [-0.25, -0.2) is 4.79 Å². The van der Waals surface area contributed by atoms with Gasteiger partial charge >= 0.3 is 5.97 Å². The van der Waals surface area contributed by atoms with E-state index in [1.54, 1.807) is 12.1 Å². The first-order valence-corrected chi connectivity index (χ1v) is 5.67. The highest BCUT2D eigenvalue weighted by Crippen LogP contribution is 2.44. The molecule has 3 heteroatoms. The minimum Gasteiger partial charge on any atom is -0.431 e. The number of hydrogen-bond donors (Lipinski definition) is 0. The van der Waals surface area contributed by atoms with Crippen LogP contribution >= 0.6 is 11.6 Å². The molecule has 2 nitrogen and oxygen atoms in total. The van der Waals surface area contributed by atoms with E-state index in [1.807, 2.05) is 42.5 Å². The van der Waals surface area contributed by atoms with E-state index in [0.717, 1.165) is 5.56 Å². The van der Waals surface area contributed by atoms with Gasteiger partial charge in [-0.3, -0.25) is 0 Å². The van der Waals surface area contributed by atoms with Crippen molar-refractivity contribution in [2.45, 2.75) is 5.06 Å². The molecule has 17 heavy (non-hydrogen) atoms. The average Bonchev–Trinajstić information content (AvgIpc) is 2.65. The monoisotopic (exact) mass is 244 g/mol. The molecule has 0 N–H and O–H groups in total. The number of benzene rings is 2. The molecule has 0 radical (unpaired) electrons. The summed E-state index contributed by atoms with van der Waals surface area (Å²) < 4.78 is 5.33. The highest BCUT2D eigenvalue weighted by Gasteiger charge is 2.45. The van der Waals surface area contributed by atoms with Crippen molar-refractivity contribution in [1.82, 2.24) is 0 Å². The van der Waals surface area contributed by atoms with Crippen LogP contribution in [-0.2, 0) is 9.80 Å². The van der Waals surface area contributed by atoms with Crippen LogP contribution in [0, 0.1) is 0 Å². The van der Waals surface area contributed by atoms with Gasteiger partial charge in [-0.1, -0.05) is 60.1 Å². The fourth-order valence-electron chi connectivity index (χ4n) is 2.05. The summed E-state index contributed by atoms with van der Waals surface area (Å²) in [6.45, 7) is 0. The molecule has 1 atom stereocenters. The highest BCUT2D eigenvalue weighted by molar-refractivity contribution is 6.27. The topological polar surface area (TPSA) is 26.3 Å². The molecule has 2 aromatic carbocycles. The predicted octanol–water partition coefficient (Wildman–Crippen LogP) is 3.30. The standard InChI is InChI=1S/C14H9ClO2/c15-14(10-6-2-1-3-7-10)12-9-5-4-8-11(12)13(16)17-14/h1-9H. The number of cyclic esters (lactones) is 1. The van der Waals surface area contributed by atoms with Crippen LogP contribution in [0.5, 0.6) is 0 Å². The van der Waals surface area contributed by atoms with Gasteiger partial charge in [-0.2, -0.15) is 0 Å². The minimum absolute atomic E-state index is 0.376. The molecule has 0 aliphatic carbocycles. The molecular weight excluding hydrogens is 236 g/mol. The molecule has 84 valence electrons. The van der Waals surface area contributed by atoms with Gasteiger partial charge in [0.15, 0.2) is 0 Å². The molecule has 0 aromatic heterocycles. The molecule has 0 spiro atoms. The zero-order valence-corrected chi connectivity index (χ0v) is 9.65. The molecule has 2 aromatic rings.